The van der Waals surface area contributed by atoms with Crippen LogP contribution in [0, 0.1) is 5.92 Å². The van der Waals surface area contributed by atoms with E-state index in [9.17, 15) is 75.9 Å². The Morgan fingerprint density at radius 3 is 1.89 bits per heavy atom. The summed E-state index contributed by atoms with van der Waals surface area (Å²) >= 11 is 0.360. The number of carbonyl (C=O) groups is 4. The molecule has 0 saturated carbocycles. The lowest BCUT2D eigenvalue weighted by atomic mass is 9.80. The number of fused-ring (bicyclic) bond motifs is 3. The number of aromatic nitrogens is 1. The van der Waals surface area contributed by atoms with Crippen LogP contribution in [-0.4, -0.2) is 85.8 Å². The molecule has 2 aliphatic carbocycles. The zero-order valence-electron chi connectivity index (χ0n) is 32.6. The Balaban J connectivity index is 1.21. The molecule has 0 aliphatic heterocycles. The monoisotopic (exact) mass is 998 g/mol. The fourth-order valence-electron chi connectivity index (χ4n) is 7.62. The minimum Gasteiger partial charge on any atom is -0.354 e. The summed E-state index contributed by atoms with van der Waals surface area (Å²) in [4.78, 5) is 71.3. The number of hydrogen-bond donors (Lipinski definition) is 6. The van der Waals surface area contributed by atoms with E-state index in [2.05, 4.69) is 10.3 Å². The standard InChI is InChI=1S/C40H26N2O19S5/c43-36(18-6-2-1-3-7-18)34-31-20-8-4-5-9-21(20)39(46)32-26(16-30(66(57,58)59)35(33(31)32)42-40(34)47)41-25-15-27(29(65(54,55)56)17-28(25)64(51,52)53)60-61-62-13-12-23-37(44)22-11-10-19(63(48,49)50)14-24(22)38(23)45/h1-11,14-17,23,41H,12-13H2,(H,42,47)(H,48,49,50)(H,51,52,53)(H,54,55,56)(H,57,58,59). The maximum atomic E-state index is 14.5. The molecule has 5 aromatic carbocycles. The van der Waals surface area contributed by atoms with Gasteiger partial charge >= 0.3 is 0 Å². The van der Waals surface area contributed by atoms with Crippen LogP contribution in [0.1, 0.15) is 59.0 Å². The third-order valence-corrected chi connectivity index (χ3v) is 14.5. The molecule has 0 spiro atoms. The van der Waals surface area contributed by atoms with Crippen molar-refractivity contribution in [2.45, 2.75) is 26.0 Å². The lowest BCUT2D eigenvalue weighted by Crippen LogP contribution is -2.25. The fraction of sp³-hybridized carbons (Fsp3) is 0.0750. The van der Waals surface area contributed by atoms with Crippen LogP contribution in [0.15, 0.2) is 115 Å². The van der Waals surface area contributed by atoms with Gasteiger partial charge < -0.3 is 15.2 Å². The van der Waals surface area contributed by atoms with E-state index >= 15 is 0 Å². The highest BCUT2D eigenvalue weighted by Crippen LogP contribution is 2.47. The molecule has 66 heavy (non-hydrogen) atoms. The number of carbonyl (C=O) groups excluding carboxylic acids is 4. The summed E-state index contributed by atoms with van der Waals surface area (Å²) in [6, 6.07) is 17.1. The van der Waals surface area contributed by atoms with E-state index in [4.69, 9.17) is 9.22 Å². The highest BCUT2D eigenvalue weighted by Gasteiger charge is 2.40. The molecular weight excluding hydrogens is 973 g/mol. The predicted octanol–water partition coefficient (Wildman–Crippen LogP) is 4.75. The van der Waals surface area contributed by atoms with Gasteiger partial charge in [0, 0.05) is 57.1 Å². The van der Waals surface area contributed by atoms with Crippen molar-refractivity contribution < 1.29 is 80.3 Å². The van der Waals surface area contributed by atoms with Crippen LogP contribution in [0.2, 0.25) is 0 Å². The van der Waals surface area contributed by atoms with E-state index in [1.54, 1.807) is 6.07 Å². The summed E-state index contributed by atoms with van der Waals surface area (Å²) in [5.41, 5.74) is -5.19. The third kappa shape index (κ3) is 8.23. The first-order valence-electron chi connectivity index (χ1n) is 18.4. The molecule has 0 fully saturated rings. The molecule has 0 radical (unpaired) electrons. The zero-order valence-corrected chi connectivity index (χ0v) is 36.7. The molecule has 1 atom stereocenters. The van der Waals surface area contributed by atoms with Crippen LogP contribution in [0.25, 0.3) is 22.0 Å². The van der Waals surface area contributed by atoms with Gasteiger partial charge in [0.15, 0.2) is 28.9 Å². The molecular formula is C40H26N2O19S5. The van der Waals surface area contributed by atoms with Crippen molar-refractivity contribution in [3.8, 4) is 16.9 Å². The molecule has 0 saturated heterocycles. The second-order valence-corrected chi connectivity index (χ2v) is 20.8. The minimum atomic E-state index is -5.54. The number of nitrogens with one attached hydrogen (secondary N) is 2. The van der Waals surface area contributed by atoms with Crippen molar-refractivity contribution in [3.05, 3.63) is 135 Å². The number of ketones is 4. The Morgan fingerprint density at radius 2 is 1.26 bits per heavy atom. The lowest BCUT2D eigenvalue weighted by Gasteiger charge is -2.25. The van der Waals surface area contributed by atoms with Crippen molar-refractivity contribution in [1.82, 2.24) is 4.98 Å². The van der Waals surface area contributed by atoms with Gasteiger partial charge in [0.2, 0.25) is 0 Å². The SMILES string of the molecule is O=C(c1ccccc1)c1c2c3c(c(Nc4cc(OOSCCC5C(=O)c6ccc(S(=O)(=O)O)cc6C5=O)c(S(=O)(=O)O)cc4S(=O)(=O)O)cc(S(=O)(=O)O)c3[nH]c1=O)C(=O)c1ccccc1-2. The van der Waals surface area contributed by atoms with Crippen LogP contribution >= 0.6 is 12.0 Å². The largest absolute Gasteiger partial charge is 0.354 e. The number of H-pyrrole nitrogens is 1. The van der Waals surface area contributed by atoms with Crippen molar-refractivity contribution in [2.75, 3.05) is 11.1 Å². The van der Waals surface area contributed by atoms with Crippen molar-refractivity contribution in [2.24, 2.45) is 5.92 Å². The van der Waals surface area contributed by atoms with Gasteiger partial charge in [-0.3, -0.25) is 42.2 Å². The molecule has 340 valence electrons. The number of aromatic amines is 1. The molecule has 1 aromatic heterocycles. The quantitative estimate of drug-likeness (QED) is 0.0163. The van der Waals surface area contributed by atoms with E-state index in [0.717, 1.165) is 18.2 Å². The van der Waals surface area contributed by atoms with E-state index in [0.29, 0.717) is 24.2 Å². The van der Waals surface area contributed by atoms with Gasteiger partial charge in [-0.2, -0.15) is 33.7 Å². The smallest absolute Gasteiger partial charge is 0.298 e. The van der Waals surface area contributed by atoms with Crippen LogP contribution < -0.4 is 15.8 Å². The topological polar surface area (TPSA) is 349 Å². The Morgan fingerprint density at radius 1 is 0.636 bits per heavy atom. The fourth-order valence-corrected chi connectivity index (χ4v) is 10.7. The summed E-state index contributed by atoms with van der Waals surface area (Å²) in [7, 11) is -21.1. The summed E-state index contributed by atoms with van der Waals surface area (Å²) in [6.07, 6.45) is -0.273. The third-order valence-electron chi connectivity index (χ3n) is 10.5. The molecule has 6 aromatic rings. The lowest BCUT2D eigenvalue weighted by molar-refractivity contribution is -0.0807. The maximum Gasteiger partial charge on any atom is 0.298 e. The first-order valence-corrected chi connectivity index (χ1v) is 25.1. The molecule has 6 N–H and O–H groups in total. The Bertz CT molecular complexity index is 3700. The molecule has 1 unspecified atom stereocenters. The Kier molecular flexibility index (Phi) is 11.5. The van der Waals surface area contributed by atoms with E-state index < -0.39 is 134 Å². The molecule has 21 nitrogen and oxygen atoms in total. The average molecular weight is 999 g/mol. The second kappa shape index (κ2) is 16.5. The Hall–Kier alpha value is -6.46. The van der Waals surface area contributed by atoms with Gasteiger partial charge in [0.1, 0.15) is 14.7 Å². The van der Waals surface area contributed by atoms with Crippen molar-refractivity contribution >= 4 is 97.9 Å². The van der Waals surface area contributed by atoms with Gasteiger partial charge in [-0.05, 0) is 42.3 Å². The van der Waals surface area contributed by atoms with E-state index in [1.165, 1.54) is 48.5 Å². The zero-order chi connectivity index (χ0) is 47.8. The minimum absolute atomic E-state index is 0.00592. The molecule has 8 rings (SSSR count). The number of hydrogen-bond acceptors (Lipinski definition) is 17. The van der Waals surface area contributed by atoms with E-state index in [-0.39, 0.29) is 51.6 Å². The predicted molar refractivity (Wildman–Crippen MR) is 230 cm³/mol. The molecule has 0 bridgehead atoms. The van der Waals surface area contributed by atoms with Gasteiger partial charge in [0.05, 0.1) is 38.8 Å². The van der Waals surface area contributed by atoms with Crippen molar-refractivity contribution in [1.29, 1.82) is 0 Å². The highest BCUT2D eigenvalue weighted by molar-refractivity contribution is 7.94. The number of pyridine rings is 1. The second-order valence-electron chi connectivity index (χ2n) is 14.4. The van der Waals surface area contributed by atoms with Crippen LogP contribution in [0.3, 0.4) is 0 Å². The number of Topliss-reactive ketones (excluding diaryl/α,β-unsaturated/α-hetero) is 2. The summed E-state index contributed by atoms with van der Waals surface area (Å²) in [5, 5.41) is 2.03. The average Bonchev–Trinajstić information content (AvgIpc) is 3.48. The summed E-state index contributed by atoms with van der Waals surface area (Å²) in [5.74, 6) is -5.87. The normalized spacial score (nSPS) is 14.8. The van der Waals surface area contributed by atoms with Crippen LogP contribution in [0.4, 0.5) is 11.4 Å². The number of benzene rings is 5. The molecule has 0 amide bonds. The molecule has 1 heterocycles. The van der Waals surface area contributed by atoms with E-state index in [1.807, 2.05) is 0 Å². The van der Waals surface area contributed by atoms with Crippen molar-refractivity contribution in [3.63, 3.8) is 0 Å². The number of rotatable bonds is 14. The summed E-state index contributed by atoms with van der Waals surface area (Å²) in [6.45, 7) is 0. The van der Waals surface area contributed by atoms with Gasteiger partial charge in [-0.1, -0.05) is 54.6 Å². The first kappa shape index (κ1) is 46.1. The highest BCUT2D eigenvalue weighted by atomic mass is 32.2. The number of anilines is 2. The first-order chi connectivity index (χ1) is 30.9. The molecule has 26 heteroatoms. The van der Waals surface area contributed by atoms with Crippen LogP contribution in [0.5, 0.6) is 5.75 Å². The van der Waals surface area contributed by atoms with Gasteiger partial charge in [-0.25, -0.2) is 0 Å². The van der Waals surface area contributed by atoms with Gasteiger partial charge in [-0.15, -0.1) is 4.33 Å². The van der Waals surface area contributed by atoms with Crippen LogP contribution in [-0.2, 0) is 44.8 Å². The summed E-state index contributed by atoms with van der Waals surface area (Å²) < 4.78 is 145. The van der Waals surface area contributed by atoms with Gasteiger partial charge in [0.25, 0.3) is 46.0 Å². The molecule has 2 aliphatic rings. The Labute approximate surface area is 375 Å². The maximum absolute atomic E-state index is 14.5.